The van der Waals surface area contributed by atoms with Gasteiger partial charge in [-0.25, -0.2) is 0 Å². The number of rotatable bonds is 35. The number of carbonyl (C=O) groups is 2. The van der Waals surface area contributed by atoms with Gasteiger partial charge in [-0.2, -0.15) is 0 Å². The number of likely N-dealkylation sites (N-methyl/N-ethyl adjacent to an activating group) is 1. The van der Waals surface area contributed by atoms with E-state index in [4.69, 9.17) is 18.5 Å². The van der Waals surface area contributed by atoms with E-state index in [1.54, 1.807) is 0 Å². The molecule has 0 aliphatic carbocycles. The van der Waals surface area contributed by atoms with Crippen LogP contribution in [-0.2, 0) is 32.7 Å². The van der Waals surface area contributed by atoms with Crippen LogP contribution in [0.2, 0.25) is 0 Å². The van der Waals surface area contributed by atoms with E-state index in [-0.39, 0.29) is 32.0 Å². The van der Waals surface area contributed by atoms with E-state index in [9.17, 15) is 19.0 Å². The van der Waals surface area contributed by atoms with Gasteiger partial charge in [0.25, 0.3) is 7.82 Å². The molecule has 0 aromatic carbocycles. The van der Waals surface area contributed by atoms with Crippen molar-refractivity contribution in [2.75, 3.05) is 47.5 Å². The van der Waals surface area contributed by atoms with Gasteiger partial charge in [-0.3, -0.25) is 14.2 Å². The normalized spacial score (nSPS) is 13.9. The van der Waals surface area contributed by atoms with Crippen LogP contribution in [0, 0.1) is 0 Å². The number of allylic oxidation sites excluding steroid dienone is 2. The molecule has 0 saturated heterocycles. The molecule has 0 spiro atoms. The molecule has 48 heavy (non-hydrogen) atoms. The van der Waals surface area contributed by atoms with Gasteiger partial charge in [0.2, 0.25) is 0 Å². The van der Waals surface area contributed by atoms with Crippen molar-refractivity contribution < 1.29 is 42.1 Å². The quantitative estimate of drug-likeness (QED) is 0.0211. The van der Waals surface area contributed by atoms with Crippen LogP contribution < -0.4 is 4.89 Å². The van der Waals surface area contributed by atoms with Crippen LogP contribution in [-0.4, -0.2) is 70.0 Å². The number of phosphoric ester groups is 1. The Kier molecular flexibility index (Phi) is 30.9. The Balaban J connectivity index is 4.42. The molecule has 0 aromatic rings. The third kappa shape index (κ3) is 34.6. The predicted octanol–water partition coefficient (Wildman–Crippen LogP) is 9.61. The zero-order valence-electron chi connectivity index (χ0n) is 31.7. The Morgan fingerprint density at radius 1 is 0.625 bits per heavy atom. The van der Waals surface area contributed by atoms with Gasteiger partial charge in [0.1, 0.15) is 19.8 Å². The van der Waals surface area contributed by atoms with E-state index >= 15 is 0 Å². The van der Waals surface area contributed by atoms with Crippen LogP contribution >= 0.6 is 7.82 Å². The molecule has 0 aromatic heterocycles. The van der Waals surface area contributed by atoms with Gasteiger partial charge in [-0.1, -0.05) is 129 Å². The topological polar surface area (TPSA) is 111 Å². The molecule has 284 valence electrons. The van der Waals surface area contributed by atoms with E-state index in [0.29, 0.717) is 17.4 Å². The van der Waals surface area contributed by atoms with Crippen molar-refractivity contribution in [2.24, 2.45) is 0 Å². The van der Waals surface area contributed by atoms with Crippen LogP contribution in [0.4, 0.5) is 0 Å². The number of quaternary nitrogens is 1. The average molecular weight is 704 g/mol. The zero-order chi connectivity index (χ0) is 35.8. The van der Waals surface area contributed by atoms with E-state index in [1.165, 1.54) is 83.5 Å². The summed E-state index contributed by atoms with van der Waals surface area (Å²) in [4.78, 5) is 37.2. The van der Waals surface area contributed by atoms with Gasteiger partial charge in [0.15, 0.2) is 6.10 Å². The fraction of sp³-hybridized carbons (Fsp3) is 0.895. The minimum absolute atomic E-state index is 0.0298. The highest BCUT2D eigenvalue weighted by atomic mass is 31.2. The number of phosphoric acid groups is 1. The molecule has 0 amide bonds. The molecular weight excluding hydrogens is 629 g/mol. The van der Waals surface area contributed by atoms with Crippen LogP contribution in [0.25, 0.3) is 0 Å². The van der Waals surface area contributed by atoms with Crippen molar-refractivity contribution in [3.63, 3.8) is 0 Å². The Morgan fingerprint density at radius 2 is 1.06 bits per heavy atom. The summed E-state index contributed by atoms with van der Waals surface area (Å²) >= 11 is 0. The van der Waals surface area contributed by atoms with E-state index in [2.05, 4.69) is 26.0 Å². The molecule has 0 radical (unpaired) electrons. The number of carbonyl (C=O) groups excluding carboxylic acids is 2. The van der Waals surface area contributed by atoms with Crippen molar-refractivity contribution in [3.05, 3.63) is 12.2 Å². The summed E-state index contributed by atoms with van der Waals surface area (Å²) in [6.45, 7) is 4.18. The number of unbranched alkanes of at least 4 members (excludes halogenated alkanes) is 19. The van der Waals surface area contributed by atoms with Gasteiger partial charge in [-0.15, -0.1) is 0 Å². The number of nitrogens with zero attached hydrogens (tertiary/aromatic N) is 1. The van der Waals surface area contributed by atoms with E-state index in [0.717, 1.165) is 51.4 Å². The fourth-order valence-corrected chi connectivity index (χ4v) is 5.91. The minimum atomic E-state index is -4.61. The molecule has 0 rings (SSSR count). The average Bonchev–Trinajstić information content (AvgIpc) is 3.02. The molecule has 2 atom stereocenters. The number of hydrogen-bond acceptors (Lipinski definition) is 8. The molecule has 10 heteroatoms. The number of hydrogen-bond donors (Lipinski definition) is 0. The lowest BCUT2D eigenvalue weighted by Crippen LogP contribution is -2.37. The third-order valence-corrected chi connectivity index (χ3v) is 9.25. The maximum Gasteiger partial charge on any atom is 0.306 e. The molecular formula is C38H74NO8P. The summed E-state index contributed by atoms with van der Waals surface area (Å²) in [5.74, 6) is -0.844. The Morgan fingerprint density at radius 3 is 1.54 bits per heavy atom. The number of esters is 2. The zero-order valence-corrected chi connectivity index (χ0v) is 32.6. The first-order valence-corrected chi connectivity index (χ1v) is 20.9. The first-order chi connectivity index (χ1) is 23.0. The summed E-state index contributed by atoms with van der Waals surface area (Å²) in [5.41, 5.74) is 0. The fourth-order valence-electron chi connectivity index (χ4n) is 5.18. The van der Waals surface area contributed by atoms with Crippen LogP contribution in [0.5, 0.6) is 0 Å². The Bertz CT molecular complexity index is 845. The summed E-state index contributed by atoms with van der Waals surface area (Å²) in [6, 6.07) is 0. The second-order valence-electron chi connectivity index (χ2n) is 14.3. The third-order valence-electron chi connectivity index (χ3n) is 8.29. The second-order valence-corrected chi connectivity index (χ2v) is 15.7. The van der Waals surface area contributed by atoms with Crippen LogP contribution in [0.15, 0.2) is 12.2 Å². The molecule has 0 saturated carbocycles. The maximum atomic E-state index is 12.6. The summed E-state index contributed by atoms with van der Waals surface area (Å²) in [6.07, 6.45) is 29.5. The molecule has 1 unspecified atom stereocenters. The molecule has 0 N–H and O–H groups in total. The monoisotopic (exact) mass is 704 g/mol. The highest BCUT2D eigenvalue weighted by molar-refractivity contribution is 7.45. The lowest BCUT2D eigenvalue weighted by Gasteiger charge is -2.28. The van der Waals surface area contributed by atoms with Crippen molar-refractivity contribution in [1.29, 1.82) is 0 Å². The van der Waals surface area contributed by atoms with E-state index < -0.39 is 26.5 Å². The van der Waals surface area contributed by atoms with E-state index in [1.807, 2.05) is 21.1 Å². The smallest absolute Gasteiger partial charge is 0.306 e. The molecule has 0 bridgehead atoms. The van der Waals surface area contributed by atoms with Crippen molar-refractivity contribution in [2.45, 2.75) is 174 Å². The van der Waals surface area contributed by atoms with Gasteiger partial charge in [0.05, 0.1) is 27.7 Å². The van der Waals surface area contributed by atoms with Gasteiger partial charge >= 0.3 is 11.9 Å². The summed E-state index contributed by atoms with van der Waals surface area (Å²) in [7, 11) is 1.16. The molecule has 0 aliphatic rings. The predicted molar refractivity (Wildman–Crippen MR) is 195 cm³/mol. The lowest BCUT2D eigenvalue weighted by atomic mass is 10.1. The Labute approximate surface area is 295 Å². The largest absolute Gasteiger partial charge is 0.756 e. The molecule has 9 nitrogen and oxygen atoms in total. The summed E-state index contributed by atoms with van der Waals surface area (Å²) < 4.78 is 33.7. The molecule has 0 aliphatic heterocycles. The lowest BCUT2D eigenvalue weighted by molar-refractivity contribution is -0.870. The SMILES string of the molecule is CCCCCCCC/C=C\CCCCCCCC(=O)O[C@H](COC(=O)CCCCCCCCCCC)COP(=O)([O-])OCC[N+](C)(C)C. The highest BCUT2D eigenvalue weighted by Crippen LogP contribution is 2.38. The van der Waals surface area contributed by atoms with Crippen LogP contribution in [0.1, 0.15) is 168 Å². The van der Waals surface area contributed by atoms with Crippen molar-refractivity contribution >= 4 is 19.8 Å². The van der Waals surface area contributed by atoms with Crippen LogP contribution in [0.3, 0.4) is 0 Å². The first kappa shape index (κ1) is 46.8. The summed E-state index contributed by atoms with van der Waals surface area (Å²) in [5, 5.41) is 0. The second kappa shape index (κ2) is 31.7. The van der Waals surface area contributed by atoms with Gasteiger partial charge < -0.3 is 27.9 Å². The number of ether oxygens (including phenoxy) is 2. The highest BCUT2D eigenvalue weighted by Gasteiger charge is 2.21. The Hall–Kier alpha value is -1.25. The van der Waals surface area contributed by atoms with Crippen molar-refractivity contribution in [1.82, 2.24) is 0 Å². The van der Waals surface area contributed by atoms with Crippen molar-refractivity contribution in [3.8, 4) is 0 Å². The minimum Gasteiger partial charge on any atom is -0.756 e. The molecule has 0 heterocycles. The van der Waals surface area contributed by atoms with Gasteiger partial charge in [0, 0.05) is 12.8 Å². The van der Waals surface area contributed by atoms with Gasteiger partial charge in [-0.05, 0) is 38.5 Å². The maximum absolute atomic E-state index is 12.6. The molecule has 0 fully saturated rings. The standard InChI is InChI=1S/C38H74NO8P/c1-6-8-10-12-14-16-17-18-19-20-21-23-25-27-29-31-38(41)47-36(35-46-48(42,43)45-33-32-39(3,4)5)34-44-37(40)30-28-26-24-22-15-13-11-9-7-2/h18-19,36H,6-17,20-35H2,1-5H3/b19-18-/t36-/m1/s1. The first-order valence-electron chi connectivity index (χ1n) is 19.4.